The monoisotopic (exact) mass is 239 g/mol. The first-order chi connectivity index (χ1) is 7.54. The van der Waals surface area contributed by atoms with E-state index in [-0.39, 0.29) is 11.5 Å². The van der Waals surface area contributed by atoms with Crippen molar-refractivity contribution in [2.45, 2.75) is 0 Å². The Morgan fingerprint density at radius 1 is 1.38 bits per heavy atom. The molecule has 0 fully saturated rings. The molecule has 0 N–H and O–H groups in total. The maximum Gasteiger partial charge on any atom is 0.417 e. The minimum Gasteiger partial charge on any atom is -0.452 e. The lowest BCUT2D eigenvalue weighted by Crippen LogP contribution is -2.07. The Morgan fingerprint density at radius 2 is 2.00 bits per heavy atom. The molecule has 0 saturated heterocycles. The van der Waals surface area contributed by atoms with Gasteiger partial charge in [-0.3, -0.25) is 0 Å². The van der Waals surface area contributed by atoms with Gasteiger partial charge in [0.25, 0.3) is 0 Å². The Bertz CT molecular complexity index is 474. The van der Waals surface area contributed by atoms with Gasteiger partial charge < -0.3 is 4.74 Å². The molecule has 0 bridgehead atoms. The highest BCUT2D eigenvalue weighted by Gasteiger charge is 2.11. The molecule has 5 heteroatoms. The van der Waals surface area contributed by atoms with Gasteiger partial charge in [-0.15, -0.1) is 0 Å². The third kappa shape index (κ3) is 3.86. The van der Waals surface area contributed by atoms with E-state index in [0.29, 0.717) is 0 Å². The molecule has 1 radical (unpaired) electrons. The Hall–Kier alpha value is -1.62. The molecule has 85 valence electrons. The number of ether oxygens (including phenoxy) is 1. The van der Waals surface area contributed by atoms with Crippen LogP contribution in [0.2, 0.25) is 0 Å². The second-order valence-electron chi connectivity index (χ2n) is 3.17. The molecule has 4 nitrogen and oxygen atoms in total. The molecular formula is C11H11O4S. The predicted molar refractivity (Wildman–Crippen MR) is 60.9 cm³/mol. The number of sulfone groups is 1. The summed E-state index contributed by atoms with van der Waals surface area (Å²) in [7, 11) is -3.38. The van der Waals surface area contributed by atoms with Crippen molar-refractivity contribution in [2.24, 2.45) is 0 Å². The van der Waals surface area contributed by atoms with Gasteiger partial charge >= 0.3 is 6.47 Å². The molecule has 0 spiro atoms. The van der Waals surface area contributed by atoms with Crippen molar-refractivity contribution in [3.63, 3.8) is 0 Å². The molecular weight excluding hydrogens is 228 g/mol. The topological polar surface area (TPSA) is 60.4 Å². The molecule has 0 heterocycles. The summed E-state index contributed by atoms with van der Waals surface area (Å²) < 4.78 is 27.1. The van der Waals surface area contributed by atoms with Crippen LogP contribution >= 0.6 is 0 Å². The van der Waals surface area contributed by atoms with Crippen LogP contribution in [0.1, 0.15) is 5.56 Å². The summed E-state index contributed by atoms with van der Waals surface area (Å²) in [6.07, 6.45) is 2.53. The van der Waals surface area contributed by atoms with E-state index in [9.17, 15) is 13.2 Å². The second kappa shape index (κ2) is 5.46. The van der Waals surface area contributed by atoms with Gasteiger partial charge in [-0.2, -0.15) is 0 Å². The van der Waals surface area contributed by atoms with Gasteiger partial charge in [0.2, 0.25) is 0 Å². The summed E-state index contributed by atoms with van der Waals surface area (Å²) in [4.78, 5) is 9.96. The number of carbonyl (C=O) groups excluding carboxylic acids is 1. The van der Waals surface area contributed by atoms with Crippen LogP contribution in [0.15, 0.2) is 35.2 Å². The van der Waals surface area contributed by atoms with E-state index < -0.39 is 9.84 Å². The number of hydrogen-bond donors (Lipinski definition) is 0. The smallest absolute Gasteiger partial charge is 0.417 e. The number of rotatable bonds is 5. The van der Waals surface area contributed by atoms with Gasteiger partial charge in [0.05, 0.1) is 4.91 Å². The minimum atomic E-state index is -3.38. The van der Waals surface area contributed by atoms with Crippen LogP contribution in [-0.2, 0) is 19.4 Å². The Balaban J connectivity index is 3.02. The first-order valence-electron chi connectivity index (χ1n) is 4.48. The van der Waals surface area contributed by atoms with Gasteiger partial charge in [-0.25, -0.2) is 13.2 Å². The maximum atomic E-state index is 11.4. The van der Waals surface area contributed by atoms with Crippen molar-refractivity contribution in [3.8, 4) is 0 Å². The van der Waals surface area contributed by atoms with Crippen molar-refractivity contribution < 1.29 is 17.9 Å². The first kappa shape index (κ1) is 12.4. The summed E-state index contributed by atoms with van der Waals surface area (Å²) >= 11 is 0. The predicted octanol–water partition coefficient (Wildman–Crippen LogP) is 1.16. The first-order valence-corrected chi connectivity index (χ1v) is 6.38. The highest BCUT2D eigenvalue weighted by atomic mass is 32.2. The quantitative estimate of drug-likeness (QED) is 0.773. The van der Waals surface area contributed by atoms with E-state index in [2.05, 4.69) is 4.74 Å². The second-order valence-corrected chi connectivity index (χ2v) is 5.23. The molecule has 0 atom stereocenters. The molecule has 0 aromatic heterocycles. The summed E-state index contributed by atoms with van der Waals surface area (Å²) in [6, 6.07) is 8.93. The molecule has 1 rings (SSSR count). The lowest BCUT2D eigenvalue weighted by atomic mass is 10.2. The van der Waals surface area contributed by atoms with Gasteiger partial charge in [-0.1, -0.05) is 30.3 Å². The molecule has 0 aliphatic heterocycles. The summed E-state index contributed by atoms with van der Waals surface area (Å²) in [5, 5.41) is 0. The molecule has 1 aromatic rings. The Kier molecular flexibility index (Phi) is 4.25. The molecule has 0 unspecified atom stereocenters. The zero-order chi connectivity index (χ0) is 12.0. The zero-order valence-corrected chi connectivity index (χ0v) is 9.53. The van der Waals surface area contributed by atoms with E-state index >= 15 is 0 Å². The highest BCUT2D eigenvalue weighted by molar-refractivity contribution is 7.94. The van der Waals surface area contributed by atoms with Gasteiger partial charge in [0.1, 0.15) is 6.61 Å². The summed E-state index contributed by atoms with van der Waals surface area (Å²) in [5.41, 5.74) is 0.734. The molecule has 0 saturated carbocycles. The fourth-order valence-electron chi connectivity index (χ4n) is 1.09. The van der Waals surface area contributed by atoms with Crippen molar-refractivity contribution in [3.05, 3.63) is 40.8 Å². The van der Waals surface area contributed by atoms with E-state index in [1.54, 1.807) is 24.3 Å². The number of benzene rings is 1. The lowest BCUT2D eigenvalue weighted by Gasteiger charge is -2.03. The Labute approximate surface area is 94.5 Å². The fourth-order valence-corrected chi connectivity index (χ4v) is 1.71. The van der Waals surface area contributed by atoms with E-state index in [0.717, 1.165) is 11.8 Å². The van der Waals surface area contributed by atoms with Crippen LogP contribution in [0.3, 0.4) is 0 Å². The van der Waals surface area contributed by atoms with E-state index in [1.165, 1.54) is 12.5 Å². The van der Waals surface area contributed by atoms with Crippen LogP contribution < -0.4 is 0 Å². The van der Waals surface area contributed by atoms with Crippen LogP contribution in [0.4, 0.5) is 0 Å². The van der Waals surface area contributed by atoms with Crippen LogP contribution in [0, 0.1) is 0 Å². The molecule has 16 heavy (non-hydrogen) atoms. The lowest BCUT2D eigenvalue weighted by molar-refractivity contribution is 0.311. The van der Waals surface area contributed by atoms with Crippen molar-refractivity contribution >= 4 is 22.4 Å². The zero-order valence-electron chi connectivity index (χ0n) is 8.71. The maximum absolute atomic E-state index is 11.4. The molecule has 0 aliphatic rings. The largest absolute Gasteiger partial charge is 0.452 e. The molecule has 1 aromatic carbocycles. The normalized spacial score (nSPS) is 12.2. The van der Waals surface area contributed by atoms with Gasteiger partial charge in [0, 0.05) is 6.26 Å². The summed E-state index contributed by atoms with van der Waals surface area (Å²) in [5.74, 6) is 0. The molecule has 0 amide bonds. The van der Waals surface area contributed by atoms with E-state index in [1.807, 2.05) is 6.07 Å². The van der Waals surface area contributed by atoms with Crippen LogP contribution in [0.5, 0.6) is 0 Å². The third-order valence-corrected chi connectivity index (χ3v) is 3.07. The molecule has 0 aliphatic carbocycles. The van der Waals surface area contributed by atoms with Crippen LogP contribution in [-0.4, -0.2) is 27.8 Å². The fraction of sp³-hybridized carbons (Fsp3) is 0.182. The van der Waals surface area contributed by atoms with Crippen molar-refractivity contribution in [2.75, 3.05) is 12.9 Å². The SMILES string of the molecule is CS(=O)(=O)/C(=C\c1ccccc1)CO[C]=O. The van der Waals surface area contributed by atoms with Gasteiger partial charge in [0.15, 0.2) is 9.84 Å². The van der Waals surface area contributed by atoms with Crippen molar-refractivity contribution in [1.82, 2.24) is 0 Å². The van der Waals surface area contributed by atoms with E-state index in [4.69, 9.17) is 0 Å². The third-order valence-electron chi connectivity index (χ3n) is 1.88. The highest BCUT2D eigenvalue weighted by Crippen LogP contribution is 2.11. The standard InChI is InChI=1S/C11H11O4S/c1-16(13,14)11(8-15-9-12)7-10-5-3-2-4-6-10/h2-7H,8H2,1H3/b11-7-. The average Bonchev–Trinajstić information content (AvgIpc) is 2.24. The minimum absolute atomic E-state index is 0.0436. The van der Waals surface area contributed by atoms with Crippen molar-refractivity contribution in [1.29, 1.82) is 0 Å². The van der Waals surface area contributed by atoms with Gasteiger partial charge in [-0.05, 0) is 11.6 Å². The number of hydrogen-bond acceptors (Lipinski definition) is 4. The van der Waals surface area contributed by atoms with Crippen LogP contribution in [0.25, 0.3) is 6.08 Å². The Morgan fingerprint density at radius 3 is 2.50 bits per heavy atom. The average molecular weight is 239 g/mol. The summed E-state index contributed by atoms with van der Waals surface area (Å²) in [6.45, 7) is 0.906.